The molecule has 0 spiro atoms. The van der Waals surface area contributed by atoms with Crippen molar-refractivity contribution in [3.63, 3.8) is 0 Å². The minimum absolute atomic E-state index is 0.113. The fourth-order valence-corrected chi connectivity index (χ4v) is 2.96. The summed E-state index contributed by atoms with van der Waals surface area (Å²) >= 11 is 0. The summed E-state index contributed by atoms with van der Waals surface area (Å²) in [5.41, 5.74) is 13.3. The lowest BCUT2D eigenvalue weighted by atomic mass is 10.2. The van der Waals surface area contributed by atoms with Crippen LogP contribution in [0.4, 0.5) is 5.82 Å². The van der Waals surface area contributed by atoms with E-state index < -0.39 is 6.10 Å². The Morgan fingerprint density at radius 2 is 2.35 bits per heavy atom. The predicted molar refractivity (Wildman–Crippen MR) is 85.4 cm³/mol. The van der Waals surface area contributed by atoms with Gasteiger partial charge < -0.3 is 30.6 Å². The number of aliphatic hydroxyl groups excluding tert-OH is 1. The van der Waals surface area contributed by atoms with Crippen molar-refractivity contribution in [1.29, 1.82) is 0 Å². The van der Waals surface area contributed by atoms with Crippen molar-refractivity contribution in [3.8, 4) is 0 Å². The van der Waals surface area contributed by atoms with Gasteiger partial charge in [-0.25, -0.2) is 9.97 Å². The van der Waals surface area contributed by atoms with E-state index in [0.717, 1.165) is 10.9 Å². The summed E-state index contributed by atoms with van der Waals surface area (Å²) in [6.07, 6.45) is 4.66. The van der Waals surface area contributed by atoms with Crippen molar-refractivity contribution in [3.05, 3.63) is 30.7 Å². The van der Waals surface area contributed by atoms with Gasteiger partial charge in [-0.1, -0.05) is 6.08 Å². The second kappa shape index (κ2) is 6.63. The summed E-state index contributed by atoms with van der Waals surface area (Å²) in [6, 6.07) is 0. The summed E-state index contributed by atoms with van der Waals surface area (Å²) < 4.78 is 13.5. The molecule has 3 atom stereocenters. The van der Waals surface area contributed by atoms with Crippen LogP contribution in [0.3, 0.4) is 0 Å². The second-order valence-corrected chi connectivity index (χ2v) is 5.43. The first-order chi connectivity index (χ1) is 11.2. The number of rotatable bonds is 6. The van der Waals surface area contributed by atoms with Gasteiger partial charge in [0.15, 0.2) is 0 Å². The van der Waals surface area contributed by atoms with Crippen LogP contribution in [0, 0.1) is 0 Å². The molecule has 8 heteroatoms. The van der Waals surface area contributed by atoms with E-state index in [9.17, 15) is 5.11 Å². The van der Waals surface area contributed by atoms with E-state index >= 15 is 0 Å². The molecular formula is C15H21N5O3. The van der Waals surface area contributed by atoms with Gasteiger partial charge in [0.05, 0.1) is 24.7 Å². The van der Waals surface area contributed by atoms with E-state index in [2.05, 4.69) is 16.5 Å². The molecule has 0 amide bonds. The molecule has 3 rings (SSSR count). The third-order valence-corrected chi connectivity index (χ3v) is 4.04. The Bertz CT molecular complexity index is 702. The minimum atomic E-state index is -0.391. The maximum atomic E-state index is 9.50. The van der Waals surface area contributed by atoms with Crippen molar-refractivity contribution >= 4 is 16.9 Å². The summed E-state index contributed by atoms with van der Waals surface area (Å²) in [4.78, 5) is 8.33. The van der Waals surface area contributed by atoms with Gasteiger partial charge in [0.1, 0.15) is 30.1 Å². The van der Waals surface area contributed by atoms with Gasteiger partial charge in [0.25, 0.3) is 0 Å². The minimum Gasteiger partial charge on any atom is -0.394 e. The average molecular weight is 319 g/mol. The number of aliphatic hydroxyl groups is 1. The van der Waals surface area contributed by atoms with E-state index in [1.54, 1.807) is 6.08 Å². The molecule has 0 bridgehead atoms. The van der Waals surface area contributed by atoms with E-state index in [4.69, 9.17) is 20.9 Å². The molecule has 1 aliphatic rings. The van der Waals surface area contributed by atoms with Crippen molar-refractivity contribution in [2.24, 2.45) is 5.73 Å². The van der Waals surface area contributed by atoms with Crippen LogP contribution in [-0.2, 0) is 16.0 Å². The summed E-state index contributed by atoms with van der Waals surface area (Å²) in [6.45, 7) is 4.26. The van der Waals surface area contributed by atoms with Crippen LogP contribution in [0.2, 0.25) is 0 Å². The first kappa shape index (κ1) is 15.9. The normalized spacial score (nSPS) is 24.3. The molecule has 5 N–H and O–H groups in total. The highest BCUT2D eigenvalue weighted by atomic mass is 16.6. The van der Waals surface area contributed by atoms with Gasteiger partial charge in [0, 0.05) is 19.2 Å². The molecule has 124 valence electrons. The first-order valence-corrected chi connectivity index (χ1v) is 7.48. The number of fused-ring (bicyclic) bond motifs is 1. The SMILES string of the molecule is C=CCOC1CC(n2cc(CN)c3c(N)ncnc32)OC1CO. The maximum Gasteiger partial charge on any atom is 0.147 e. The zero-order chi connectivity index (χ0) is 16.4. The van der Waals surface area contributed by atoms with Crippen LogP contribution in [0.5, 0.6) is 0 Å². The zero-order valence-electron chi connectivity index (χ0n) is 12.8. The third-order valence-electron chi connectivity index (χ3n) is 4.04. The quantitative estimate of drug-likeness (QED) is 0.656. The molecule has 2 aromatic rings. The van der Waals surface area contributed by atoms with Crippen molar-refractivity contribution in [2.75, 3.05) is 18.9 Å². The Balaban J connectivity index is 1.94. The van der Waals surface area contributed by atoms with Crippen LogP contribution >= 0.6 is 0 Å². The van der Waals surface area contributed by atoms with Crippen LogP contribution in [0.25, 0.3) is 11.0 Å². The fraction of sp³-hybridized carbons (Fsp3) is 0.467. The Kier molecular flexibility index (Phi) is 4.58. The first-order valence-electron chi connectivity index (χ1n) is 7.48. The molecule has 23 heavy (non-hydrogen) atoms. The van der Waals surface area contributed by atoms with E-state index in [1.165, 1.54) is 6.33 Å². The van der Waals surface area contributed by atoms with Gasteiger partial charge in [-0.05, 0) is 5.56 Å². The molecule has 3 heterocycles. The Hall–Kier alpha value is -2.00. The second-order valence-electron chi connectivity index (χ2n) is 5.43. The fourth-order valence-electron chi connectivity index (χ4n) is 2.96. The molecule has 0 aromatic carbocycles. The van der Waals surface area contributed by atoms with E-state index in [0.29, 0.717) is 31.0 Å². The van der Waals surface area contributed by atoms with E-state index in [1.807, 2.05) is 10.8 Å². The topological polar surface area (TPSA) is 121 Å². The van der Waals surface area contributed by atoms with Gasteiger partial charge >= 0.3 is 0 Å². The lowest BCUT2D eigenvalue weighted by molar-refractivity contribution is -0.0560. The Morgan fingerprint density at radius 3 is 3.04 bits per heavy atom. The number of hydrogen-bond acceptors (Lipinski definition) is 7. The summed E-state index contributed by atoms with van der Waals surface area (Å²) in [5, 5.41) is 10.2. The molecule has 3 unspecified atom stereocenters. The highest BCUT2D eigenvalue weighted by Crippen LogP contribution is 2.35. The molecule has 2 aromatic heterocycles. The van der Waals surface area contributed by atoms with Crippen molar-refractivity contribution in [1.82, 2.24) is 14.5 Å². The number of ether oxygens (including phenoxy) is 2. The van der Waals surface area contributed by atoms with Crippen LogP contribution in [-0.4, -0.2) is 45.1 Å². The smallest absolute Gasteiger partial charge is 0.147 e. The molecule has 1 saturated heterocycles. The molecular weight excluding hydrogens is 298 g/mol. The zero-order valence-corrected chi connectivity index (χ0v) is 12.8. The van der Waals surface area contributed by atoms with Crippen LogP contribution in [0.1, 0.15) is 18.2 Å². The molecule has 0 aliphatic carbocycles. The van der Waals surface area contributed by atoms with Gasteiger partial charge in [-0.15, -0.1) is 6.58 Å². The lowest BCUT2D eigenvalue weighted by Gasteiger charge is -2.15. The largest absolute Gasteiger partial charge is 0.394 e. The lowest BCUT2D eigenvalue weighted by Crippen LogP contribution is -2.27. The molecule has 0 saturated carbocycles. The number of nitrogen functional groups attached to an aromatic ring is 1. The summed E-state index contributed by atoms with van der Waals surface area (Å²) in [7, 11) is 0. The number of aromatic nitrogens is 3. The van der Waals surface area contributed by atoms with Gasteiger partial charge in [0.2, 0.25) is 0 Å². The molecule has 1 fully saturated rings. The highest BCUT2D eigenvalue weighted by Gasteiger charge is 2.37. The van der Waals surface area contributed by atoms with Crippen molar-refractivity contribution < 1.29 is 14.6 Å². The highest BCUT2D eigenvalue weighted by molar-refractivity contribution is 5.89. The molecule has 8 nitrogen and oxygen atoms in total. The summed E-state index contributed by atoms with van der Waals surface area (Å²) in [5.74, 6) is 0.394. The molecule has 1 aliphatic heterocycles. The maximum absolute atomic E-state index is 9.50. The Morgan fingerprint density at radius 1 is 1.52 bits per heavy atom. The van der Waals surface area contributed by atoms with Gasteiger partial charge in [-0.2, -0.15) is 0 Å². The number of anilines is 1. The monoisotopic (exact) mass is 319 g/mol. The van der Waals surface area contributed by atoms with Crippen LogP contribution in [0.15, 0.2) is 25.2 Å². The number of hydrogen-bond donors (Lipinski definition) is 3. The number of nitrogens with two attached hydrogens (primary N) is 2. The van der Waals surface area contributed by atoms with Crippen LogP contribution < -0.4 is 11.5 Å². The number of nitrogens with zero attached hydrogens (tertiary/aromatic N) is 3. The third kappa shape index (κ3) is 2.81. The van der Waals surface area contributed by atoms with E-state index in [-0.39, 0.29) is 18.9 Å². The predicted octanol–water partition coefficient (Wildman–Crippen LogP) is 0.323. The molecule has 0 radical (unpaired) electrons. The van der Waals surface area contributed by atoms with Gasteiger partial charge in [-0.3, -0.25) is 0 Å². The standard InChI is InChI=1S/C15H21N5O3/c1-2-3-22-10-4-12(23-11(10)7-21)20-6-9(5-16)13-14(17)18-8-19-15(13)20/h2,6,8,10-12,21H,1,3-5,7,16H2,(H2,17,18,19). The van der Waals surface area contributed by atoms with Crippen molar-refractivity contribution in [2.45, 2.75) is 31.4 Å². The average Bonchev–Trinajstić information content (AvgIpc) is 3.14. The Labute approximate surface area is 133 Å².